The lowest BCUT2D eigenvalue weighted by atomic mass is 10.1. The Balaban J connectivity index is 1.69. The van der Waals surface area contributed by atoms with Gasteiger partial charge in [-0.2, -0.15) is 0 Å². The van der Waals surface area contributed by atoms with Crippen LogP contribution in [0.5, 0.6) is 0 Å². The molecule has 26 heavy (non-hydrogen) atoms. The van der Waals surface area contributed by atoms with Gasteiger partial charge >= 0.3 is 6.03 Å². The van der Waals surface area contributed by atoms with Gasteiger partial charge < -0.3 is 10.6 Å². The van der Waals surface area contributed by atoms with Crippen LogP contribution in [0.2, 0.25) is 0 Å². The summed E-state index contributed by atoms with van der Waals surface area (Å²) in [6.07, 6.45) is 0. The van der Waals surface area contributed by atoms with E-state index in [4.69, 9.17) is 0 Å². The highest BCUT2D eigenvalue weighted by molar-refractivity contribution is 5.90. The number of halogens is 2. The third-order valence-corrected chi connectivity index (χ3v) is 3.78. The predicted octanol–water partition coefficient (Wildman–Crippen LogP) is 3.04. The Kier molecular flexibility index (Phi) is 4.87. The second kappa shape index (κ2) is 7.26. The molecule has 1 atom stereocenters. The van der Waals surface area contributed by atoms with Crippen molar-refractivity contribution in [2.75, 3.05) is 5.32 Å². The van der Waals surface area contributed by atoms with Crippen molar-refractivity contribution in [2.45, 2.75) is 13.0 Å². The Bertz CT molecular complexity index is 943. The quantitative estimate of drug-likeness (QED) is 0.751. The fourth-order valence-electron chi connectivity index (χ4n) is 2.50. The summed E-state index contributed by atoms with van der Waals surface area (Å²) in [6, 6.07) is 9.06. The number of anilines is 1. The van der Waals surface area contributed by atoms with Gasteiger partial charge in [-0.25, -0.2) is 18.3 Å². The van der Waals surface area contributed by atoms with Crippen LogP contribution in [-0.2, 0) is 7.05 Å². The first kappa shape index (κ1) is 17.5. The molecule has 2 aromatic carbocycles. The Morgan fingerprint density at radius 2 is 2.00 bits per heavy atom. The van der Waals surface area contributed by atoms with Gasteiger partial charge in [0.2, 0.25) is 0 Å². The number of nitrogens with zero attached hydrogens (tertiary/aromatic N) is 4. The van der Waals surface area contributed by atoms with Crippen LogP contribution in [0, 0.1) is 11.6 Å². The molecule has 134 valence electrons. The molecule has 1 heterocycles. The minimum atomic E-state index is -0.713. The highest BCUT2D eigenvalue weighted by Gasteiger charge is 2.15. The molecule has 0 aliphatic heterocycles. The van der Waals surface area contributed by atoms with Crippen molar-refractivity contribution in [3.8, 4) is 11.4 Å². The molecular formula is C17H16F2N6O. The van der Waals surface area contributed by atoms with Crippen molar-refractivity contribution in [1.82, 2.24) is 25.5 Å². The van der Waals surface area contributed by atoms with E-state index in [0.29, 0.717) is 11.5 Å². The fourth-order valence-corrected chi connectivity index (χ4v) is 2.50. The number of benzene rings is 2. The SMILES string of the molecule is CC(NC(=O)Nc1cccc(-c2nnnn2C)c1)c1ccc(F)cc1F. The number of hydrogen-bond acceptors (Lipinski definition) is 4. The van der Waals surface area contributed by atoms with E-state index in [1.807, 2.05) is 6.07 Å². The van der Waals surface area contributed by atoms with Crippen molar-refractivity contribution in [3.63, 3.8) is 0 Å². The number of carbonyl (C=O) groups excluding carboxylic acids is 1. The Hall–Kier alpha value is -3.36. The Morgan fingerprint density at radius 3 is 2.69 bits per heavy atom. The largest absolute Gasteiger partial charge is 0.331 e. The normalized spacial score (nSPS) is 11.8. The molecule has 1 aromatic heterocycles. The van der Waals surface area contributed by atoms with E-state index >= 15 is 0 Å². The Labute approximate surface area is 148 Å². The van der Waals surface area contributed by atoms with Crippen LogP contribution >= 0.6 is 0 Å². The highest BCUT2D eigenvalue weighted by atomic mass is 19.1. The first-order valence-electron chi connectivity index (χ1n) is 7.79. The van der Waals surface area contributed by atoms with Crippen molar-refractivity contribution in [2.24, 2.45) is 7.05 Å². The van der Waals surface area contributed by atoms with Gasteiger partial charge in [0.25, 0.3) is 0 Å². The number of urea groups is 1. The average Bonchev–Trinajstić information content (AvgIpc) is 3.00. The van der Waals surface area contributed by atoms with Gasteiger partial charge in [0.15, 0.2) is 5.82 Å². The third-order valence-electron chi connectivity index (χ3n) is 3.78. The summed E-state index contributed by atoms with van der Waals surface area (Å²) in [6.45, 7) is 1.61. The molecule has 3 rings (SSSR count). The van der Waals surface area contributed by atoms with E-state index in [-0.39, 0.29) is 5.56 Å². The van der Waals surface area contributed by atoms with Crippen molar-refractivity contribution >= 4 is 11.7 Å². The van der Waals surface area contributed by atoms with Gasteiger partial charge in [-0.3, -0.25) is 0 Å². The molecule has 0 saturated heterocycles. The van der Waals surface area contributed by atoms with Gasteiger partial charge in [0.05, 0.1) is 6.04 Å². The fraction of sp³-hybridized carbons (Fsp3) is 0.176. The highest BCUT2D eigenvalue weighted by Crippen LogP contribution is 2.20. The first-order chi connectivity index (χ1) is 12.4. The zero-order chi connectivity index (χ0) is 18.7. The monoisotopic (exact) mass is 358 g/mol. The number of tetrazole rings is 1. The van der Waals surface area contributed by atoms with Gasteiger partial charge in [-0.05, 0) is 35.5 Å². The summed E-state index contributed by atoms with van der Waals surface area (Å²) >= 11 is 0. The van der Waals surface area contributed by atoms with E-state index in [1.54, 1.807) is 32.2 Å². The maximum absolute atomic E-state index is 13.8. The van der Waals surface area contributed by atoms with E-state index < -0.39 is 23.7 Å². The zero-order valence-electron chi connectivity index (χ0n) is 14.1. The van der Waals surface area contributed by atoms with Gasteiger partial charge in [-0.15, -0.1) is 5.10 Å². The number of nitrogens with one attached hydrogen (secondary N) is 2. The molecule has 9 heteroatoms. The maximum atomic E-state index is 13.8. The maximum Gasteiger partial charge on any atom is 0.319 e. The number of aryl methyl sites for hydroxylation is 1. The van der Waals surface area contributed by atoms with Crippen LogP contribution in [0.3, 0.4) is 0 Å². The number of rotatable bonds is 4. The number of carbonyl (C=O) groups is 1. The first-order valence-corrected chi connectivity index (χ1v) is 7.79. The van der Waals surface area contributed by atoms with Gasteiger partial charge in [-0.1, -0.05) is 18.2 Å². The smallest absolute Gasteiger partial charge is 0.319 e. The summed E-state index contributed by atoms with van der Waals surface area (Å²) in [5.74, 6) is -0.830. The van der Waals surface area contributed by atoms with E-state index in [2.05, 4.69) is 26.2 Å². The van der Waals surface area contributed by atoms with Gasteiger partial charge in [0, 0.05) is 29.9 Å². The van der Waals surface area contributed by atoms with Crippen LogP contribution in [-0.4, -0.2) is 26.2 Å². The lowest BCUT2D eigenvalue weighted by Gasteiger charge is -2.16. The number of aromatic nitrogens is 4. The standard InChI is InChI=1S/C17H16F2N6O/c1-10(14-7-6-12(18)9-15(14)19)20-17(26)21-13-5-3-4-11(8-13)16-22-23-24-25(16)2/h3-10H,1-2H3,(H2,20,21,26). The van der Waals surface area contributed by atoms with Crippen LogP contribution in [0.1, 0.15) is 18.5 Å². The molecule has 0 aliphatic rings. The minimum Gasteiger partial charge on any atom is -0.331 e. The third kappa shape index (κ3) is 3.82. The molecule has 1 unspecified atom stereocenters. The van der Waals surface area contributed by atoms with Crippen LogP contribution in [0.15, 0.2) is 42.5 Å². The van der Waals surface area contributed by atoms with Crippen LogP contribution in [0.25, 0.3) is 11.4 Å². The predicted molar refractivity (Wildman–Crippen MR) is 91.2 cm³/mol. The van der Waals surface area contributed by atoms with E-state index in [9.17, 15) is 13.6 Å². The molecular weight excluding hydrogens is 342 g/mol. The second-order valence-electron chi connectivity index (χ2n) is 5.69. The van der Waals surface area contributed by atoms with Crippen molar-refractivity contribution in [3.05, 3.63) is 59.7 Å². The number of hydrogen-bond donors (Lipinski definition) is 2. The van der Waals surface area contributed by atoms with Crippen molar-refractivity contribution in [1.29, 1.82) is 0 Å². The van der Waals surface area contributed by atoms with Gasteiger partial charge in [0.1, 0.15) is 11.6 Å². The summed E-state index contributed by atoms with van der Waals surface area (Å²) < 4.78 is 28.3. The molecule has 0 aliphatic carbocycles. The average molecular weight is 358 g/mol. The molecule has 2 amide bonds. The van der Waals surface area contributed by atoms with Crippen LogP contribution in [0.4, 0.5) is 19.3 Å². The summed E-state index contributed by atoms with van der Waals surface area (Å²) in [5, 5.41) is 16.5. The second-order valence-corrected chi connectivity index (χ2v) is 5.69. The zero-order valence-corrected chi connectivity index (χ0v) is 14.1. The Morgan fingerprint density at radius 1 is 1.19 bits per heavy atom. The summed E-state index contributed by atoms with van der Waals surface area (Å²) in [5.41, 5.74) is 1.45. The summed E-state index contributed by atoms with van der Waals surface area (Å²) in [4.78, 5) is 12.2. The minimum absolute atomic E-state index is 0.195. The lowest BCUT2D eigenvalue weighted by Crippen LogP contribution is -2.31. The molecule has 7 nitrogen and oxygen atoms in total. The molecule has 3 aromatic rings. The molecule has 0 fully saturated rings. The topological polar surface area (TPSA) is 84.7 Å². The molecule has 2 N–H and O–H groups in total. The number of amides is 2. The van der Waals surface area contributed by atoms with Crippen LogP contribution < -0.4 is 10.6 Å². The molecule has 0 radical (unpaired) electrons. The van der Waals surface area contributed by atoms with E-state index in [0.717, 1.165) is 17.7 Å². The molecule has 0 saturated carbocycles. The summed E-state index contributed by atoms with van der Waals surface area (Å²) in [7, 11) is 1.71. The molecule has 0 bridgehead atoms. The van der Waals surface area contributed by atoms with E-state index in [1.165, 1.54) is 10.7 Å². The molecule has 0 spiro atoms. The van der Waals surface area contributed by atoms with Crippen molar-refractivity contribution < 1.29 is 13.6 Å². The lowest BCUT2D eigenvalue weighted by molar-refractivity contribution is 0.249.